The van der Waals surface area contributed by atoms with Crippen molar-refractivity contribution in [2.75, 3.05) is 5.75 Å². The van der Waals surface area contributed by atoms with E-state index < -0.39 is 0 Å². The average Bonchev–Trinajstić information content (AvgIpc) is 2.76. The third-order valence-electron chi connectivity index (χ3n) is 3.06. The summed E-state index contributed by atoms with van der Waals surface area (Å²) in [6.45, 7) is 5.67. The highest BCUT2D eigenvalue weighted by atomic mass is 32.2. The van der Waals surface area contributed by atoms with E-state index in [1.54, 1.807) is 18.7 Å². The number of rotatable bonds is 6. The SMILES string of the molecule is CC(=O)CCCSc1nnc(C)n1-c1ccccc1C. The summed E-state index contributed by atoms with van der Waals surface area (Å²) in [7, 11) is 0. The van der Waals surface area contributed by atoms with Gasteiger partial charge in [0.1, 0.15) is 11.6 Å². The number of para-hydroxylation sites is 1. The van der Waals surface area contributed by atoms with E-state index in [9.17, 15) is 4.79 Å². The molecule has 2 aromatic rings. The van der Waals surface area contributed by atoms with Gasteiger partial charge >= 0.3 is 0 Å². The van der Waals surface area contributed by atoms with Crippen molar-refractivity contribution in [2.45, 2.75) is 38.8 Å². The van der Waals surface area contributed by atoms with Crippen LogP contribution in [-0.4, -0.2) is 26.3 Å². The van der Waals surface area contributed by atoms with E-state index in [4.69, 9.17) is 0 Å². The Morgan fingerprint density at radius 3 is 2.70 bits per heavy atom. The van der Waals surface area contributed by atoms with Gasteiger partial charge in [0.25, 0.3) is 0 Å². The molecule has 0 atom stereocenters. The van der Waals surface area contributed by atoms with Crippen LogP contribution in [0.4, 0.5) is 0 Å². The summed E-state index contributed by atoms with van der Waals surface area (Å²) in [4.78, 5) is 10.9. The van der Waals surface area contributed by atoms with E-state index in [-0.39, 0.29) is 5.78 Å². The fourth-order valence-electron chi connectivity index (χ4n) is 2.01. The Labute approximate surface area is 123 Å². The largest absolute Gasteiger partial charge is 0.300 e. The summed E-state index contributed by atoms with van der Waals surface area (Å²) in [5.74, 6) is 2.00. The Kier molecular flexibility index (Phi) is 4.95. The summed E-state index contributed by atoms with van der Waals surface area (Å²) in [5, 5.41) is 9.30. The number of aromatic nitrogens is 3. The predicted octanol–water partition coefficient (Wildman–Crippen LogP) is 3.35. The molecule has 0 aliphatic carbocycles. The Balaban J connectivity index is 2.16. The number of aryl methyl sites for hydroxylation is 2. The number of nitrogens with zero attached hydrogens (tertiary/aromatic N) is 3. The molecule has 1 aromatic carbocycles. The molecule has 0 aliphatic heterocycles. The van der Waals surface area contributed by atoms with Gasteiger partial charge in [-0.1, -0.05) is 30.0 Å². The number of carbonyl (C=O) groups is 1. The molecule has 0 radical (unpaired) electrons. The molecule has 0 unspecified atom stereocenters. The molecule has 0 bridgehead atoms. The summed E-state index contributed by atoms with van der Waals surface area (Å²) in [6, 6.07) is 8.20. The lowest BCUT2D eigenvalue weighted by atomic mass is 10.2. The lowest BCUT2D eigenvalue weighted by Crippen LogP contribution is -2.02. The molecule has 106 valence electrons. The lowest BCUT2D eigenvalue weighted by Gasteiger charge is -2.10. The highest BCUT2D eigenvalue weighted by Gasteiger charge is 2.12. The third kappa shape index (κ3) is 3.48. The number of benzene rings is 1. The molecule has 5 heteroatoms. The van der Waals surface area contributed by atoms with Gasteiger partial charge in [-0.25, -0.2) is 0 Å². The van der Waals surface area contributed by atoms with Crippen molar-refractivity contribution in [1.29, 1.82) is 0 Å². The quantitative estimate of drug-likeness (QED) is 0.604. The van der Waals surface area contributed by atoms with Crippen LogP contribution in [0.3, 0.4) is 0 Å². The fraction of sp³-hybridized carbons (Fsp3) is 0.400. The van der Waals surface area contributed by atoms with Crippen LogP contribution in [0.25, 0.3) is 5.69 Å². The van der Waals surface area contributed by atoms with E-state index in [0.717, 1.165) is 28.8 Å². The molecule has 0 N–H and O–H groups in total. The predicted molar refractivity (Wildman–Crippen MR) is 81.5 cm³/mol. The second-order valence-electron chi connectivity index (χ2n) is 4.81. The zero-order chi connectivity index (χ0) is 14.5. The number of hydrogen-bond donors (Lipinski definition) is 0. The summed E-state index contributed by atoms with van der Waals surface area (Å²) < 4.78 is 2.08. The van der Waals surface area contributed by atoms with Crippen molar-refractivity contribution < 1.29 is 4.79 Å². The molecule has 0 spiro atoms. The maximum absolute atomic E-state index is 10.9. The van der Waals surface area contributed by atoms with Crippen LogP contribution >= 0.6 is 11.8 Å². The van der Waals surface area contributed by atoms with Crippen molar-refractivity contribution in [2.24, 2.45) is 0 Å². The molecule has 1 heterocycles. The van der Waals surface area contributed by atoms with Crippen LogP contribution in [0, 0.1) is 13.8 Å². The summed E-state index contributed by atoms with van der Waals surface area (Å²) in [6.07, 6.45) is 1.50. The van der Waals surface area contributed by atoms with Gasteiger partial charge in [0.15, 0.2) is 5.16 Å². The van der Waals surface area contributed by atoms with E-state index in [1.165, 1.54) is 5.56 Å². The Morgan fingerprint density at radius 1 is 1.25 bits per heavy atom. The highest BCUT2D eigenvalue weighted by molar-refractivity contribution is 7.99. The van der Waals surface area contributed by atoms with E-state index in [1.807, 2.05) is 19.1 Å². The first kappa shape index (κ1) is 14.8. The molecule has 4 nitrogen and oxygen atoms in total. The molecule has 2 rings (SSSR count). The van der Waals surface area contributed by atoms with Gasteiger partial charge < -0.3 is 4.79 Å². The zero-order valence-electron chi connectivity index (χ0n) is 12.1. The first-order chi connectivity index (χ1) is 9.59. The highest BCUT2D eigenvalue weighted by Crippen LogP contribution is 2.24. The molecule has 1 aromatic heterocycles. The van der Waals surface area contributed by atoms with Crippen LogP contribution in [-0.2, 0) is 4.79 Å². The van der Waals surface area contributed by atoms with Crippen LogP contribution < -0.4 is 0 Å². The fourth-order valence-corrected chi connectivity index (χ4v) is 2.94. The maximum Gasteiger partial charge on any atom is 0.195 e. The molecule has 0 saturated carbocycles. The van der Waals surface area contributed by atoms with Crippen molar-refractivity contribution >= 4 is 17.5 Å². The van der Waals surface area contributed by atoms with E-state index in [2.05, 4.69) is 33.8 Å². The first-order valence-corrected chi connectivity index (χ1v) is 7.68. The minimum absolute atomic E-state index is 0.238. The van der Waals surface area contributed by atoms with Gasteiger partial charge in [-0.15, -0.1) is 10.2 Å². The van der Waals surface area contributed by atoms with Gasteiger partial charge in [0, 0.05) is 12.2 Å². The molecule has 0 saturated heterocycles. The number of ketones is 1. The van der Waals surface area contributed by atoms with Crippen molar-refractivity contribution in [3.05, 3.63) is 35.7 Å². The van der Waals surface area contributed by atoms with Crippen molar-refractivity contribution in [1.82, 2.24) is 14.8 Å². The number of carbonyl (C=O) groups excluding carboxylic acids is 1. The second kappa shape index (κ2) is 6.70. The number of hydrogen-bond acceptors (Lipinski definition) is 4. The van der Waals surface area contributed by atoms with Gasteiger partial charge in [-0.05, 0) is 38.8 Å². The number of Topliss-reactive ketones (excluding diaryl/α,β-unsaturated/α-hetero) is 1. The summed E-state index contributed by atoms with van der Waals surface area (Å²) in [5.41, 5.74) is 2.31. The molecule has 20 heavy (non-hydrogen) atoms. The minimum atomic E-state index is 0.238. The molecule has 0 amide bonds. The van der Waals surface area contributed by atoms with Crippen LogP contribution in [0.5, 0.6) is 0 Å². The second-order valence-corrected chi connectivity index (χ2v) is 5.87. The normalized spacial score (nSPS) is 10.8. The van der Waals surface area contributed by atoms with E-state index >= 15 is 0 Å². The first-order valence-electron chi connectivity index (χ1n) is 6.70. The van der Waals surface area contributed by atoms with Crippen LogP contribution in [0.15, 0.2) is 29.4 Å². The Bertz CT molecular complexity index is 607. The van der Waals surface area contributed by atoms with Gasteiger partial charge in [-0.3, -0.25) is 4.57 Å². The van der Waals surface area contributed by atoms with Crippen molar-refractivity contribution in [3.8, 4) is 5.69 Å². The Morgan fingerprint density at radius 2 is 2.00 bits per heavy atom. The molecular weight excluding hydrogens is 270 g/mol. The monoisotopic (exact) mass is 289 g/mol. The van der Waals surface area contributed by atoms with Crippen LogP contribution in [0.1, 0.15) is 31.2 Å². The van der Waals surface area contributed by atoms with Gasteiger partial charge in [0.2, 0.25) is 0 Å². The summed E-state index contributed by atoms with van der Waals surface area (Å²) >= 11 is 1.65. The van der Waals surface area contributed by atoms with Gasteiger partial charge in [0.05, 0.1) is 5.69 Å². The van der Waals surface area contributed by atoms with Crippen LogP contribution in [0.2, 0.25) is 0 Å². The van der Waals surface area contributed by atoms with E-state index in [0.29, 0.717) is 6.42 Å². The van der Waals surface area contributed by atoms with Gasteiger partial charge in [-0.2, -0.15) is 0 Å². The Hall–Kier alpha value is -1.62. The molecule has 0 fully saturated rings. The lowest BCUT2D eigenvalue weighted by molar-refractivity contribution is -0.117. The topological polar surface area (TPSA) is 47.8 Å². The van der Waals surface area contributed by atoms with Crippen molar-refractivity contribution in [3.63, 3.8) is 0 Å². The third-order valence-corrected chi connectivity index (χ3v) is 4.07. The smallest absolute Gasteiger partial charge is 0.195 e. The minimum Gasteiger partial charge on any atom is -0.300 e. The maximum atomic E-state index is 10.9. The average molecular weight is 289 g/mol. The molecule has 0 aliphatic rings. The zero-order valence-corrected chi connectivity index (χ0v) is 12.9. The number of thioether (sulfide) groups is 1. The standard InChI is InChI=1S/C15H19N3OS/c1-11-7-4-5-9-14(11)18-13(3)16-17-15(18)20-10-6-8-12(2)19/h4-5,7,9H,6,8,10H2,1-3H3. The molecular formula is C15H19N3OS.